The van der Waals surface area contributed by atoms with E-state index >= 15 is 0 Å². The van der Waals surface area contributed by atoms with Gasteiger partial charge in [0.15, 0.2) is 0 Å². The third-order valence-electron chi connectivity index (χ3n) is 4.43. The Kier molecular flexibility index (Phi) is 3.16. The lowest BCUT2D eigenvalue weighted by molar-refractivity contribution is -0.124. The van der Waals surface area contributed by atoms with Crippen LogP contribution in [0.2, 0.25) is 0 Å². The van der Waals surface area contributed by atoms with Crippen molar-refractivity contribution in [2.75, 3.05) is 5.73 Å². The topological polar surface area (TPSA) is 96.7 Å². The molecule has 0 saturated heterocycles. The first-order valence-electron chi connectivity index (χ1n) is 7.06. The molecule has 0 unspecified atom stereocenters. The molecule has 1 aromatic carbocycles. The zero-order chi connectivity index (χ0) is 16.0. The van der Waals surface area contributed by atoms with E-state index in [1.165, 1.54) is 12.1 Å². The van der Waals surface area contributed by atoms with Crippen molar-refractivity contribution in [1.29, 1.82) is 0 Å². The highest BCUT2D eigenvalue weighted by molar-refractivity contribution is 5.93. The number of H-pyrrole nitrogens is 1. The molecule has 2 aromatic rings. The third-order valence-corrected chi connectivity index (χ3v) is 4.43. The fraction of sp³-hybridized carbons (Fsp3) is 0.400. The minimum absolute atomic E-state index is 0.0981. The maximum absolute atomic E-state index is 13.1. The van der Waals surface area contributed by atoms with E-state index in [0.717, 1.165) is 12.0 Å². The number of hydrogen-bond donors (Lipinski definition) is 3. The van der Waals surface area contributed by atoms with E-state index in [1.54, 1.807) is 12.1 Å². The summed E-state index contributed by atoms with van der Waals surface area (Å²) in [6.07, 6.45) is 0.718. The fourth-order valence-corrected chi connectivity index (χ4v) is 3.07. The largest absolute Gasteiger partial charge is 0.367 e. The number of rotatable bonds is 4. The number of carbonyl (C=O) groups excluding carboxylic acids is 1. The van der Waals surface area contributed by atoms with Crippen LogP contribution in [0.25, 0.3) is 0 Å². The lowest BCUT2D eigenvalue weighted by Gasteiger charge is -2.20. The van der Waals surface area contributed by atoms with Crippen LogP contribution in [-0.2, 0) is 16.8 Å². The van der Waals surface area contributed by atoms with Crippen molar-refractivity contribution in [2.45, 2.75) is 32.2 Å². The maximum atomic E-state index is 13.1. The summed E-state index contributed by atoms with van der Waals surface area (Å²) in [5.74, 6) is 0.233. The Morgan fingerprint density at radius 2 is 2.05 bits per heavy atom. The number of aromatic nitrogens is 3. The van der Waals surface area contributed by atoms with Crippen LogP contribution in [0.5, 0.6) is 0 Å². The van der Waals surface area contributed by atoms with Crippen LogP contribution in [-0.4, -0.2) is 21.1 Å². The molecule has 1 aliphatic carbocycles. The molecule has 1 aliphatic rings. The lowest BCUT2D eigenvalue weighted by atomic mass is 9.87. The fourth-order valence-electron chi connectivity index (χ4n) is 3.07. The number of halogens is 1. The number of hydrogen-bond acceptors (Lipinski definition) is 4. The van der Waals surface area contributed by atoms with Crippen LogP contribution in [0, 0.1) is 11.2 Å². The molecule has 1 atom stereocenters. The monoisotopic (exact) mass is 303 g/mol. The first kappa shape index (κ1) is 14.5. The van der Waals surface area contributed by atoms with Gasteiger partial charge >= 0.3 is 0 Å². The Balaban J connectivity index is 1.79. The highest BCUT2D eigenvalue weighted by atomic mass is 19.1. The molecule has 22 heavy (non-hydrogen) atoms. The quantitative estimate of drug-likeness (QED) is 0.797. The van der Waals surface area contributed by atoms with E-state index in [-0.39, 0.29) is 29.6 Å². The molecule has 0 aliphatic heterocycles. The summed E-state index contributed by atoms with van der Waals surface area (Å²) in [6.45, 7) is 4.28. The number of nitrogen functional groups attached to an aromatic ring is 1. The Morgan fingerprint density at radius 1 is 1.41 bits per heavy atom. The van der Waals surface area contributed by atoms with Crippen LogP contribution in [0.1, 0.15) is 31.7 Å². The minimum Gasteiger partial charge on any atom is -0.367 e. The molecule has 0 radical (unpaired) electrons. The molecule has 0 spiro atoms. The second-order valence-electron chi connectivity index (χ2n) is 6.30. The highest BCUT2D eigenvalue weighted by Gasteiger charge is 2.66. The summed E-state index contributed by atoms with van der Waals surface area (Å²) in [4.78, 5) is 16.7. The van der Waals surface area contributed by atoms with Gasteiger partial charge in [-0.1, -0.05) is 26.0 Å². The molecule has 3 rings (SSSR count). The van der Waals surface area contributed by atoms with E-state index in [1.807, 2.05) is 13.8 Å². The predicted molar refractivity (Wildman–Crippen MR) is 79.1 cm³/mol. The summed E-state index contributed by atoms with van der Waals surface area (Å²) in [5.41, 5.74) is 5.45. The number of amides is 1. The second-order valence-corrected chi connectivity index (χ2v) is 6.30. The molecule has 1 heterocycles. The maximum Gasteiger partial charge on any atom is 0.239 e. The van der Waals surface area contributed by atoms with E-state index in [4.69, 9.17) is 5.73 Å². The van der Waals surface area contributed by atoms with Crippen molar-refractivity contribution in [3.8, 4) is 0 Å². The number of aromatic amines is 1. The smallest absolute Gasteiger partial charge is 0.239 e. The van der Waals surface area contributed by atoms with Gasteiger partial charge in [-0.25, -0.2) is 4.39 Å². The van der Waals surface area contributed by atoms with Gasteiger partial charge < -0.3 is 11.1 Å². The van der Waals surface area contributed by atoms with Gasteiger partial charge in [-0.2, -0.15) is 4.98 Å². The van der Waals surface area contributed by atoms with Gasteiger partial charge in [0.1, 0.15) is 11.6 Å². The van der Waals surface area contributed by atoms with Crippen molar-refractivity contribution in [3.63, 3.8) is 0 Å². The van der Waals surface area contributed by atoms with Crippen LogP contribution in [0.3, 0.4) is 0 Å². The van der Waals surface area contributed by atoms with Gasteiger partial charge in [-0.15, -0.1) is 5.10 Å². The Hall–Kier alpha value is -2.44. The molecule has 4 N–H and O–H groups in total. The Bertz CT molecular complexity index is 709. The SMILES string of the molecule is CC1(C)C[C@]1(C(=O)NCc1nc(N)n[nH]1)c1ccc(F)cc1. The molecule has 1 amide bonds. The summed E-state index contributed by atoms with van der Waals surface area (Å²) >= 11 is 0. The average molecular weight is 303 g/mol. The van der Waals surface area contributed by atoms with E-state index in [2.05, 4.69) is 20.5 Å². The minimum atomic E-state index is -0.633. The second kappa shape index (κ2) is 4.79. The third kappa shape index (κ3) is 2.22. The number of nitrogens with two attached hydrogens (primary N) is 1. The van der Waals surface area contributed by atoms with Gasteiger partial charge in [-0.3, -0.25) is 9.89 Å². The molecule has 0 bridgehead atoms. The molecule has 7 heteroatoms. The highest BCUT2D eigenvalue weighted by Crippen LogP contribution is 2.64. The number of nitrogens with one attached hydrogen (secondary N) is 2. The molecule has 1 fully saturated rings. The van der Waals surface area contributed by atoms with Gasteiger partial charge in [-0.05, 0) is 29.5 Å². The zero-order valence-corrected chi connectivity index (χ0v) is 12.5. The van der Waals surface area contributed by atoms with Crippen LogP contribution >= 0.6 is 0 Å². The van der Waals surface area contributed by atoms with Crippen molar-refractivity contribution in [2.24, 2.45) is 5.41 Å². The Morgan fingerprint density at radius 3 is 2.55 bits per heavy atom. The number of nitrogens with zero attached hydrogens (tertiary/aromatic N) is 2. The molecule has 116 valence electrons. The first-order chi connectivity index (χ1) is 10.3. The molecular formula is C15H18FN5O. The summed E-state index contributed by atoms with van der Waals surface area (Å²) in [6, 6.07) is 6.12. The van der Waals surface area contributed by atoms with E-state index < -0.39 is 5.41 Å². The average Bonchev–Trinajstić information content (AvgIpc) is 2.84. The van der Waals surface area contributed by atoms with Crippen molar-refractivity contribution < 1.29 is 9.18 Å². The van der Waals surface area contributed by atoms with Crippen LogP contribution in [0.4, 0.5) is 10.3 Å². The molecular weight excluding hydrogens is 285 g/mol. The molecule has 6 nitrogen and oxygen atoms in total. The molecule has 1 saturated carbocycles. The van der Waals surface area contributed by atoms with Gasteiger partial charge in [0.25, 0.3) is 0 Å². The summed E-state index contributed by atoms with van der Waals surface area (Å²) in [5, 5.41) is 9.23. The standard InChI is InChI=1S/C15H18FN5O/c1-14(2)8-15(14,9-3-5-10(16)6-4-9)12(22)18-7-11-19-13(17)21-20-11/h3-6H,7-8H2,1-2H3,(H,18,22)(H3,17,19,20,21)/t15-/m1/s1. The Labute approximate surface area is 127 Å². The van der Waals surface area contributed by atoms with E-state index in [0.29, 0.717) is 5.82 Å². The van der Waals surface area contributed by atoms with Crippen LogP contribution < -0.4 is 11.1 Å². The predicted octanol–water partition coefficient (Wildman–Crippen LogP) is 1.51. The molecule has 1 aromatic heterocycles. The van der Waals surface area contributed by atoms with Gasteiger partial charge in [0.2, 0.25) is 11.9 Å². The summed E-state index contributed by atoms with van der Waals surface area (Å²) < 4.78 is 13.1. The van der Waals surface area contributed by atoms with Crippen molar-refractivity contribution in [3.05, 3.63) is 41.5 Å². The number of carbonyl (C=O) groups is 1. The zero-order valence-electron chi connectivity index (χ0n) is 12.5. The van der Waals surface area contributed by atoms with Crippen LogP contribution in [0.15, 0.2) is 24.3 Å². The van der Waals surface area contributed by atoms with E-state index in [9.17, 15) is 9.18 Å². The van der Waals surface area contributed by atoms with Gasteiger partial charge in [0, 0.05) is 0 Å². The first-order valence-corrected chi connectivity index (χ1v) is 7.06. The normalized spacial score (nSPS) is 22.3. The number of anilines is 1. The summed E-state index contributed by atoms with van der Waals surface area (Å²) in [7, 11) is 0. The van der Waals surface area contributed by atoms with Crippen molar-refractivity contribution >= 4 is 11.9 Å². The lowest BCUT2D eigenvalue weighted by Crippen LogP contribution is -2.37. The number of benzene rings is 1. The van der Waals surface area contributed by atoms with Gasteiger partial charge in [0.05, 0.1) is 12.0 Å². The van der Waals surface area contributed by atoms with Crippen molar-refractivity contribution in [1.82, 2.24) is 20.5 Å².